The Labute approximate surface area is 210 Å². The molecule has 0 aliphatic heterocycles. The highest BCUT2D eigenvalue weighted by Gasteiger charge is 2.18. The number of fused-ring (bicyclic) bond motifs is 2. The number of nitrogens with one attached hydrogen (secondary N) is 2. The van der Waals surface area contributed by atoms with Crippen LogP contribution >= 0.6 is 15.9 Å². The van der Waals surface area contributed by atoms with E-state index in [1.807, 2.05) is 18.2 Å². The molecule has 0 saturated heterocycles. The van der Waals surface area contributed by atoms with Gasteiger partial charge in [0.15, 0.2) is 16.9 Å². The number of nitrogens with zero attached hydrogens (tertiary/aromatic N) is 5. The van der Waals surface area contributed by atoms with Crippen LogP contribution in [0.4, 0.5) is 11.6 Å². The molecular formula is C24H30BrN7O3. The van der Waals surface area contributed by atoms with Crippen LogP contribution in [0.2, 0.25) is 0 Å². The number of hydrogen-bond donors (Lipinski definition) is 3. The summed E-state index contributed by atoms with van der Waals surface area (Å²) in [5, 5.41) is 19.6. The van der Waals surface area contributed by atoms with Crippen LogP contribution in [0.1, 0.15) is 58.3 Å². The quantitative estimate of drug-likeness (QED) is 0.159. The van der Waals surface area contributed by atoms with E-state index in [4.69, 9.17) is 0 Å². The van der Waals surface area contributed by atoms with Gasteiger partial charge in [-0.15, -0.1) is 10.2 Å². The van der Waals surface area contributed by atoms with Gasteiger partial charge in [0.1, 0.15) is 0 Å². The van der Waals surface area contributed by atoms with Crippen LogP contribution in [0.15, 0.2) is 42.5 Å². The van der Waals surface area contributed by atoms with E-state index in [9.17, 15) is 14.7 Å². The Morgan fingerprint density at radius 1 is 1.03 bits per heavy atom. The van der Waals surface area contributed by atoms with Gasteiger partial charge in [0.25, 0.3) is 11.5 Å². The van der Waals surface area contributed by atoms with Crippen molar-refractivity contribution >= 4 is 49.6 Å². The van der Waals surface area contributed by atoms with E-state index in [1.165, 1.54) is 36.7 Å². The Balaban J connectivity index is 1.63. The molecule has 0 saturated carbocycles. The lowest BCUT2D eigenvalue weighted by atomic mass is 10.1. The molecular weight excluding hydrogens is 514 g/mol. The molecule has 1 aromatic carbocycles. The van der Waals surface area contributed by atoms with Gasteiger partial charge in [0.2, 0.25) is 5.88 Å². The van der Waals surface area contributed by atoms with E-state index >= 15 is 0 Å². The SMILES string of the molecule is CCCCCCCCCCn1c(N=Nc2c(O)[nH]c3ccc(Br)cc23)nc2c1c(=O)[nH]c(=O)n2C. The average molecular weight is 544 g/mol. The first-order valence-electron chi connectivity index (χ1n) is 12.0. The third-order valence-electron chi connectivity index (χ3n) is 6.18. The number of rotatable bonds is 11. The minimum Gasteiger partial charge on any atom is -0.493 e. The normalized spacial score (nSPS) is 12.0. The highest BCUT2D eigenvalue weighted by atomic mass is 79.9. The summed E-state index contributed by atoms with van der Waals surface area (Å²) in [5.41, 5.74) is 0.478. The molecule has 0 spiro atoms. The van der Waals surface area contributed by atoms with E-state index < -0.39 is 11.2 Å². The Morgan fingerprint density at radius 2 is 1.74 bits per heavy atom. The van der Waals surface area contributed by atoms with Crippen LogP contribution in [0.5, 0.6) is 5.88 Å². The highest BCUT2D eigenvalue weighted by molar-refractivity contribution is 9.10. The topological polar surface area (TPSA) is 133 Å². The molecule has 3 N–H and O–H groups in total. The molecule has 11 heteroatoms. The van der Waals surface area contributed by atoms with Gasteiger partial charge in [-0.2, -0.15) is 4.98 Å². The van der Waals surface area contributed by atoms with Gasteiger partial charge < -0.3 is 14.7 Å². The molecule has 3 heterocycles. The van der Waals surface area contributed by atoms with Gasteiger partial charge in [0, 0.05) is 23.5 Å². The van der Waals surface area contributed by atoms with E-state index in [2.05, 4.69) is 48.0 Å². The van der Waals surface area contributed by atoms with Crippen molar-refractivity contribution in [2.24, 2.45) is 17.3 Å². The number of aromatic hydroxyl groups is 1. The van der Waals surface area contributed by atoms with Gasteiger partial charge in [-0.3, -0.25) is 14.3 Å². The first kappa shape index (κ1) is 24.9. The predicted molar refractivity (Wildman–Crippen MR) is 140 cm³/mol. The molecule has 4 rings (SSSR count). The molecule has 0 radical (unpaired) electrons. The predicted octanol–water partition coefficient (Wildman–Crippen LogP) is 5.93. The number of benzene rings is 1. The standard InChI is InChI=1S/C24H30BrN7O3/c1-3-4-5-6-7-8-9-10-13-32-19-20(31(2)24(35)28-22(19)34)27-23(32)30-29-18-16-14-15(25)11-12-17(16)26-21(18)33/h11-12,14,26,33H,3-10,13H2,1-2H3,(H,28,34,35). The number of hydrogen-bond acceptors (Lipinski definition) is 6. The monoisotopic (exact) mass is 543 g/mol. The number of azo groups is 1. The lowest BCUT2D eigenvalue weighted by molar-refractivity contribution is 0.459. The number of H-pyrrole nitrogens is 2. The highest BCUT2D eigenvalue weighted by Crippen LogP contribution is 2.37. The van der Waals surface area contributed by atoms with Crippen molar-refractivity contribution in [2.75, 3.05) is 0 Å². The zero-order chi connectivity index (χ0) is 24.9. The third kappa shape index (κ3) is 5.39. The Bertz CT molecular complexity index is 1480. The maximum atomic E-state index is 12.7. The number of halogens is 1. The average Bonchev–Trinajstić information content (AvgIpc) is 3.35. The largest absolute Gasteiger partial charge is 0.493 e. The smallest absolute Gasteiger partial charge is 0.329 e. The number of aryl methyl sites for hydroxylation is 2. The maximum Gasteiger partial charge on any atom is 0.329 e. The summed E-state index contributed by atoms with van der Waals surface area (Å²) in [7, 11) is 1.55. The van der Waals surface area contributed by atoms with Crippen molar-refractivity contribution in [3.05, 3.63) is 43.5 Å². The molecule has 0 aliphatic carbocycles. The summed E-state index contributed by atoms with van der Waals surface area (Å²) in [6, 6.07) is 5.51. The fourth-order valence-corrected chi connectivity index (χ4v) is 4.61. The van der Waals surface area contributed by atoms with Crippen LogP contribution in [-0.4, -0.2) is 29.2 Å². The van der Waals surface area contributed by atoms with Crippen molar-refractivity contribution in [3.8, 4) is 5.88 Å². The molecule has 0 aliphatic rings. The van der Waals surface area contributed by atoms with Crippen molar-refractivity contribution in [3.63, 3.8) is 0 Å². The minimum atomic E-state index is -0.540. The maximum absolute atomic E-state index is 12.7. The Kier molecular flexibility index (Phi) is 7.84. The molecule has 35 heavy (non-hydrogen) atoms. The van der Waals surface area contributed by atoms with Gasteiger partial charge >= 0.3 is 5.69 Å². The van der Waals surface area contributed by atoms with Crippen molar-refractivity contribution < 1.29 is 5.11 Å². The summed E-state index contributed by atoms with van der Waals surface area (Å²) >= 11 is 3.43. The lowest BCUT2D eigenvalue weighted by Gasteiger charge is -2.06. The van der Waals surface area contributed by atoms with Crippen molar-refractivity contribution in [2.45, 2.75) is 64.8 Å². The molecule has 0 fully saturated rings. The zero-order valence-electron chi connectivity index (χ0n) is 20.0. The van der Waals surface area contributed by atoms with Crippen molar-refractivity contribution in [1.29, 1.82) is 0 Å². The first-order chi connectivity index (χ1) is 16.9. The van der Waals surface area contributed by atoms with Crippen LogP contribution in [0.25, 0.3) is 22.1 Å². The third-order valence-corrected chi connectivity index (χ3v) is 6.67. The van der Waals surface area contributed by atoms with E-state index in [1.54, 1.807) is 11.6 Å². The first-order valence-corrected chi connectivity index (χ1v) is 12.8. The minimum absolute atomic E-state index is 0.113. The molecule has 3 aromatic heterocycles. The summed E-state index contributed by atoms with van der Waals surface area (Å²) in [5.74, 6) is 0.0937. The van der Waals surface area contributed by atoms with Gasteiger partial charge in [-0.1, -0.05) is 67.8 Å². The fourth-order valence-electron chi connectivity index (χ4n) is 4.25. The van der Waals surface area contributed by atoms with Crippen LogP contribution < -0.4 is 11.2 Å². The molecule has 0 atom stereocenters. The van der Waals surface area contributed by atoms with Gasteiger partial charge in [-0.05, 0) is 24.6 Å². The molecule has 4 aromatic rings. The summed E-state index contributed by atoms with van der Waals surface area (Å²) < 4.78 is 3.83. The number of aromatic amines is 2. The zero-order valence-corrected chi connectivity index (χ0v) is 21.6. The molecule has 0 unspecified atom stereocenters. The summed E-state index contributed by atoms with van der Waals surface area (Å²) in [6.45, 7) is 2.73. The Morgan fingerprint density at radius 3 is 2.49 bits per heavy atom. The summed E-state index contributed by atoms with van der Waals surface area (Å²) in [4.78, 5) is 34.5. The number of imidazole rings is 1. The second-order valence-corrected chi connectivity index (χ2v) is 9.66. The van der Waals surface area contributed by atoms with E-state index in [0.29, 0.717) is 17.4 Å². The molecule has 0 bridgehead atoms. The summed E-state index contributed by atoms with van der Waals surface area (Å²) in [6.07, 6.45) is 9.21. The molecule has 10 nitrogen and oxygen atoms in total. The lowest BCUT2D eigenvalue weighted by Crippen LogP contribution is -2.29. The second-order valence-electron chi connectivity index (χ2n) is 8.74. The van der Waals surface area contributed by atoms with Crippen LogP contribution in [0, 0.1) is 0 Å². The van der Waals surface area contributed by atoms with Crippen LogP contribution in [-0.2, 0) is 13.6 Å². The second kappa shape index (κ2) is 11.0. The Hall–Kier alpha value is -3.21. The van der Waals surface area contributed by atoms with Crippen molar-refractivity contribution in [1.82, 2.24) is 24.1 Å². The van der Waals surface area contributed by atoms with Gasteiger partial charge in [0.05, 0.1) is 5.52 Å². The van der Waals surface area contributed by atoms with Crippen LogP contribution in [0.3, 0.4) is 0 Å². The molecule has 186 valence electrons. The fraction of sp³-hybridized carbons (Fsp3) is 0.458. The number of aromatic nitrogens is 5. The van der Waals surface area contributed by atoms with E-state index in [0.717, 1.165) is 23.7 Å². The molecule has 0 amide bonds. The van der Waals surface area contributed by atoms with Gasteiger partial charge in [-0.25, -0.2) is 4.79 Å². The number of unbranched alkanes of at least 4 members (excludes halogenated alkanes) is 7. The van der Waals surface area contributed by atoms with E-state index in [-0.39, 0.29) is 28.7 Å².